The van der Waals surface area contributed by atoms with Crippen LogP contribution in [0.3, 0.4) is 0 Å². The number of aryl methyl sites for hydroxylation is 1. The number of likely N-dealkylation sites (N-methyl/N-ethyl adjacent to an activating group) is 1. The van der Waals surface area contributed by atoms with E-state index in [1.807, 2.05) is 24.3 Å². The number of phenols is 1. The molecule has 5 nitrogen and oxygen atoms in total. The molecule has 0 amide bonds. The Morgan fingerprint density at radius 2 is 1.84 bits per heavy atom. The molecule has 1 unspecified atom stereocenters. The first-order chi connectivity index (χ1) is 18.4. The number of benzene rings is 3. The van der Waals surface area contributed by atoms with E-state index in [-0.39, 0.29) is 5.82 Å². The van der Waals surface area contributed by atoms with Gasteiger partial charge in [0.2, 0.25) is 0 Å². The predicted molar refractivity (Wildman–Crippen MR) is 150 cm³/mol. The molecular weight excluding hydrogens is 479 g/mol. The average Bonchev–Trinajstić information content (AvgIpc) is 3.78. The van der Waals surface area contributed by atoms with E-state index in [4.69, 9.17) is 9.47 Å². The first-order valence-corrected chi connectivity index (χ1v) is 13.8. The summed E-state index contributed by atoms with van der Waals surface area (Å²) in [5.41, 5.74) is 5.85. The molecule has 1 N–H and O–H groups in total. The van der Waals surface area contributed by atoms with Crippen molar-refractivity contribution in [3.8, 4) is 17.2 Å². The lowest BCUT2D eigenvalue weighted by Crippen LogP contribution is -2.26. The maximum atomic E-state index is 15.0. The van der Waals surface area contributed by atoms with Gasteiger partial charge in [0.05, 0.1) is 7.11 Å². The fourth-order valence-corrected chi connectivity index (χ4v) is 5.62. The number of phenolic OH excluding ortho intramolecular Hbond substituents is 1. The minimum Gasteiger partial charge on any atom is -0.508 e. The molecule has 38 heavy (non-hydrogen) atoms. The van der Waals surface area contributed by atoms with E-state index >= 15 is 0 Å². The molecule has 1 atom stereocenters. The maximum absolute atomic E-state index is 15.0. The van der Waals surface area contributed by atoms with Crippen molar-refractivity contribution in [2.75, 3.05) is 38.8 Å². The SMILES string of the molecule is CCN(Cc1ccc(OCCN(C)C2CC2)c(F)c1)c1cc(OC)ccc1C1CCc2cc(O)ccc2C1. The Morgan fingerprint density at radius 1 is 1.00 bits per heavy atom. The van der Waals surface area contributed by atoms with Crippen molar-refractivity contribution in [1.82, 2.24) is 4.90 Å². The van der Waals surface area contributed by atoms with E-state index in [9.17, 15) is 9.50 Å². The number of anilines is 1. The average molecular weight is 519 g/mol. The molecule has 0 aliphatic heterocycles. The van der Waals surface area contributed by atoms with Crippen LogP contribution in [0.15, 0.2) is 54.6 Å². The second-order valence-electron chi connectivity index (χ2n) is 10.7. The molecular formula is C32H39FN2O3. The van der Waals surface area contributed by atoms with Crippen LogP contribution in [-0.2, 0) is 19.4 Å². The van der Waals surface area contributed by atoms with Crippen LogP contribution >= 0.6 is 0 Å². The Morgan fingerprint density at radius 3 is 2.58 bits per heavy atom. The summed E-state index contributed by atoms with van der Waals surface area (Å²) in [5.74, 6) is 1.51. The van der Waals surface area contributed by atoms with Crippen molar-refractivity contribution in [2.24, 2.45) is 0 Å². The van der Waals surface area contributed by atoms with Gasteiger partial charge in [-0.3, -0.25) is 0 Å². The Labute approximate surface area is 225 Å². The fourth-order valence-electron chi connectivity index (χ4n) is 5.62. The van der Waals surface area contributed by atoms with Gasteiger partial charge in [0.15, 0.2) is 11.6 Å². The lowest BCUT2D eigenvalue weighted by Gasteiger charge is -2.32. The summed E-state index contributed by atoms with van der Waals surface area (Å²) < 4.78 is 26.3. The van der Waals surface area contributed by atoms with E-state index in [2.05, 4.69) is 35.9 Å². The smallest absolute Gasteiger partial charge is 0.165 e. The van der Waals surface area contributed by atoms with Crippen LogP contribution in [0, 0.1) is 5.82 Å². The third-order valence-electron chi connectivity index (χ3n) is 8.06. The number of hydrogen-bond acceptors (Lipinski definition) is 5. The molecule has 2 aliphatic rings. The Bertz CT molecular complexity index is 1260. The van der Waals surface area contributed by atoms with Crippen LogP contribution in [0.2, 0.25) is 0 Å². The molecule has 0 heterocycles. The summed E-state index contributed by atoms with van der Waals surface area (Å²) in [4.78, 5) is 4.58. The molecule has 0 saturated heterocycles. The molecule has 202 valence electrons. The lowest BCUT2D eigenvalue weighted by molar-refractivity contribution is 0.225. The highest BCUT2D eigenvalue weighted by Gasteiger charge is 2.26. The van der Waals surface area contributed by atoms with Gasteiger partial charge in [-0.2, -0.15) is 0 Å². The summed E-state index contributed by atoms with van der Waals surface area (Å²) >= 11 is 0. The molecule has 2 aliphatic carbocycles. The van der Waals surface area contributed by atoms with E-state index in [0.717, 1.165) is 49.4 Å². The van der Waals surface area contributed by atoms with E-state index in [1.165, 1.54) is 29.5 Å². The third kappa shape index (κ3) is 6.07. The van der Waals surface area contributed by atoms with Crippen LogP contribution < -0.4 is 14.4 Å². The normalized spacial score (nSPS) is 16.8. The summed E-state index contributed by atoms with van der Waals surface area (Å²) in [5, 5.41) is 9.88. The van der Waals surface area contributed by atoms with Gasteiger partial charge in [-0.25, -0.2) is 4.39 Å². The van der Waals surface area contributed by atoms with Gasteiger partial charge in [-0.15, -0.1) is 0 Å². The number of fused-ring (bicyclic) bond motifs is 1. The van der Waals surface area contributed by atoms with Crippen LogP contribution in [0.5, 0.6) is 17.2 Å². The number of ether oxygens (including phenoxy) is 2. The molecule has 0 aromatic heterocycles. The Balaban J connectivity index is 1.32. The van der Waals surface area contributed by atoms with Crippen LogP contribution in [-0.4, -0.2) is 49.9 Å². The minimum absolute atomic E-state index is 0.314. The Kier molecular flexibility index (Phi) is 8.08. The van der Waals surface area contributed by atoms with Crippen molar-refractivity contribution in [1.29, 1.82) is 0 Å². The van der Waals surface area contributed by atoms with Crippen molar-refractivity contribution in [3.05, 3.63) is 82.7 Å². The second kappa shape index (κ2) is 11.6. The molecule has 5 rings (SSSR count). The maximum Gasteiger partial charge on any atom is 0.165 e. The highest BCUT2D eigenvalue weighted by atomic mass is 19.1. The Hall–Kier alpha value is -3.25. The quantitative estimate of drug-likeness (QED) is 0.322. The standard InChI is InChI=1S/C32H39FN2O3/c1-4-35(21-22-5-14-32(30(33)17-22)38-16-15-34(2)26-9-10-26)31-20-28(37-3)12-13-29(31)25-7-6-24-19-27(36)11-8-23(24)18-25/h5,8,11-14,17,19-20,25-26,36H,4,6-7,9-10,15-16,18,21H2,1-3H3. The predicted octanol–water partition coefficient (Wildman–Crippen LogP) is 6.31. The van der Waals surface area contributed by atoms with Crippen molar-refractivity contribution >= 4 is 5.69 Å². The topological polar surface area (TPSA) is 45.2 Å². The second-order valence-corrected chi connectivity index (χ2v) is 10.7. The number of aromatic hydroxyl groups is 1. The third-order valence-corrected chi connectivity index (χ3v) is 8.06. The van der Waals surface area contributed by atoms with Gasteiger partial charge in [0.1, 0.15) is 18.1 Å². The van der Waals surface area contributed by atoms with Crippen molar-refractivity contribution < 1.29 is 19.0 Å². The van der Waals surface area contributed by atoms with Crippen LogP contribution in [0.25, 0.3) is 0 Å². The molecule has 0 bridgehead atoms. The van der Waals surface area contributed by atoms with Gasteiger partial charge in [-0.05, 0) is 105 Å². The zero-order chi connectivity index (χ0) is 26.6. The van der Waals surface area contributed by atoms with E-state index < -0.39 is 0 Å². The van der Waals surface area contributed by atoms with Gasteiger partial charge < -0.3 is 24.4 Å². The first-order valence-electron chi connectivity index (χ1n) is 13.8. The monoisotopic (exact) mass is 518 g/mol. The van der Waals surface area contributed by atoms with Gasteiger partial charge >= 0.3 is 0 Å². The number of rotatable bonds is 11. The summed E-state index contributed by atoms with van der Waals surface area (Å²) in [6.07, 6.45) is 5.39. The largest absolute Gasteiger partial charge is 0.508 e. The molecule has 0 spiro atoms. The zero-order valence-corrected chi connectivity index (χ0v) is 22.8. The zero-order valence-electron chi connectivity index (χ0n) is 22.8. The highest BCUT2D eigenvalue weighted by Crippen LogP contribution is 2.40. The highest BCUT2D eigenvalue weighted by molar-refractivity contribution is 5.60. The summed E-state index contributed by atoms with van der Waals surface area (Å²) in [6, 6.07) is 18.0. The number of hydrogen-bond donors (Lipinski definition) is 1. The molecule has 3 aromatic carbocycles. The van der Waals surface area contributed by atoms with Crippen LogP contribution in [0.1, 0.15) is 54.4 Å². The van der Waals surface area contributed by atoms with E-state index in [0.29, 0.717) is 36.6 Å². The number of halogens is 1. The first kappa shape index (κ1) is 26.4. The molecule has 3 aromatic rings. The molecule has 1 fully saturated rings. The minimum atomic E-state index is -0.314. The van der Waals surface area contributed by atoms with Gasteiger partial charge in [0.25, 0.3) is 0 Å². The van der Waals surface area contributed by atoms with Crippen molar-refractivity contribution in [3.63, 3.8) is 0 Å². The lowest BCUT2D eigenvalue weighted by atomic mass is 9.79. The fraction of sp³-hybridized carbons (Fsp3) is 0.438. The summed E-state index contributed by atoms with van der Waals surface area (Å²) in [6.45, 7) is 4.80. The molecule has 0 radical (unpaired) electrons. The van der Waals surface area contributed by atoms with Gasteiger partial charge in [-0.1, -0.05) is 18.2 Å². The number of methoxy groups -OCH3 is 1. The summed E-state index contributed by atoms with van der Waals surface area (Å²) in [7, 11) is 3.79. The molecule has 1 saturated carbocycles. The van der Waals surface area contributed by atoms with Crippen molar-refractivity contribution in [2.45, 2.75) is 57.5 Å². The van der Waals surface area contributed by atoms with Crippen LogP contribution in [0.4, 0.5) is 10.1 Å². The molecule has 6 heteroatoms. The van der Waals surface area contributed by atoms with E-state index in [1.54, 1.807) is 25.3 Å². The number of nitrogens with zero attached hydrogens (tertiary/aromatic N) is 2. The van der Waals surface area contributed by atoms with Gasteiger partial charge in [0, 0.05) is 37.4 Å².